The summed E-state index contributed by atoms with van der Waals surface area (Å²) in [4.78, 5) is 10.4. The number of nitrogens with zero attached hydrogens (tertiary/aromatic N) is 1. The lowest BCUT2D eigenvalue weighted by Crippen LogP contribution is -2.43. The molecule has 0 saturated carbocycles. The normalized spacial score (nSPS) is 20.4. The van der Waals surface area contributed by atoms with Gasteiger partial charge in [0.1, 0.15) is 0 Å². The predicted octanol–water partition coefficient (Wildman–Crippen LogP) is 2.08. The molecule has 20 heavy (non-hydrogen) atoms. The molecule has 1 aliphatic rings. The van der Waals surface area contributed by atoms with Gasteiger partial charge in [0.25, 0.3) is 5.69 Å². The van der Waals surface area contributed by atoms with Crippen LogP contribution >= 0.6 is 0 Å². The van der Waals surface area contributed by atoms with E-state index in [9.17, 15) is 10.1 Å². The molecule has 1 aromatic rings. The first-order valence-electron chi connectivity index (χ1n) is 6.89. The van der Waals surface area contributed by atoms with Gasteiger partial charge in [-0.15, -0.1) is 0 Å². The summed E-state index contributed by atoms with van der Waals surface area (Å²) in [6.07, 6.45) is 0.954. The second kappa shape index (κ2) is 6.67. The molecule has 2 atom stereocenters. The van der Waals surface area contributed by atoms with Gasteiger partial charge >= 0.3 is 0 Å². The van der Waals surface area contributed by atoms with Gasteiger partial charge in [-0.1, -0.05) is 0 Å². The van der Waals surface area contributed by atoms with E-state index in [2.05, 4.69) is 17.6 Å². The van der Waals surface area contributed by atoms with Crippen molar-refractivity contribution in [2.75, 3.05) is 25.1 Å². The number of hydrogen-bond donors (Lipinski definition) is 2. The first-order chi connectivity index (χ1) is 9.56. The lowest BCUT2D eigenvalue weighted by atomic mass is 10.1. The van der Waals surface area contributed by atoms with Crippen molar-refractivity contribution in [3.8, 4) is 0 Å². The number of ether oxygens (including phenoxy) is 1. The molecule has 110 valence electrons. The number of morpholine rings is 1. The van der Waals surface area contributed by atoms with E-state index < -0.39 is 0 Å². The first kappa shape index (κ1) is 14.7. The van der Waals surface area contributed by atoms with Gasteiger partial charge in [-0.3, -0.25) is 10.1 Å². The molecule has 1 saturated heterocycles. The number of hydrogen-bond acceptors (Lipinski definition) is 5. The van der Waals surface area contributed by atoms with Crippen molar-refractivity contribution in [2.45, 2.75) is 32.4 Å². The molecule has 6 nitrogen and oxygen atoms in total. The summed E-state index contributed by atoms with van der Waals surface area (Å²) in [5.41, 5.74) is 1.74. The molecule has 2 unspecified atom stereocenters. The largest absolute Gasteiger partial charge is 0.383 e. The Morgan fingerprint density at radius 1 is 1.60 bits per heavy atom. The third kappa shape index (κ3) is 3.91. The van der Waals surface area contributed by atoms with E-state index >= 15 is 0 Å². The van der Waals surface area contributed by atoms with E-state index in [0.29, 0.717) is 11.6 Å². The maximum absolute atomic E-state index is 10.8. The number of benzene rings is 1. The highest BCUT2D eigenvalue weighted by Gasteiger charge is 2.17. The van der Waals surface area contributed by atoms with E-state index in [1.54, 1.807) is 19.1 Å². The number of aryl methyl sites for hydroxylation is 1. The molecule has 0 bridgehead atoms. The van der Waals surface area contributed by atoms with Crippen LogP contribution in [-0.2, 0) is 4.74 Å². The van der Waals surface area contributed by atoms with Crippen molar-refractivity contribution in [1.29, 1.82) is 0 Å². The molecular weight excluding hydrogens is 258 g/mol. The topological polar surface area (TPSA) is 76.4 Å². The average molecular weight is 279 g/mol. The van der Waals surface area contributed by atoms with Crippen LogP contribution in [0.4, 0.5) is 11.4 Å². The van der Waals surface area contributed by atoms with Gasteiger partial charge in [-0.05, 0) is 32.4 Å². The maximum atomic E-state index is 10.8. The summed E-state index contributed by atoms with van der Waals surface area (Å²) in [5.74, 6) is 0. The Balaban J connectivity index is 1.92. The molecule has 1 fully saturated rings. The van der Waals surface area contributed by atoms with Gasteiger partial charge < -0.3 is 15.4 Å². The standard InChI is InChI=1S/C14H21N3O3/c1-10-7-12(3-4-14(10)17(18)19)16-11(2)8-13-9-20-6-5-15-13/h3-4,7,11,13,15-16H,5-6,8-9H2,1-2H3. The summed E-state index contributed by atoms with van der Waals surface area (Å²) >= 11 is 0. The Bertz CT molecular complexity index is 473. The van der Waals surface area contributed by atoms with Gasteiger partial charge in [0.2, 0.25) is 0 Å². The molecule has 0 aromatic heterocycles. The van der Waals surface area contributed by atoms with Crippen LogP contribution in [0.2, 0.25) is 0 Å². The third-order valence-corrected chi connectivity index (χ3v) is 3.44. The summed E-state index contributed by atoms with van der Waals surface area (Å²) in [7, 11) is 0. The van der Waals surface area contributed by atoms with Crippen LogP contribution in [0.3, 0.4) is 0 Å². The number of nitro benzene ring substituents is 1. The Labute approximate surface area is 118 Å². The van der Waals surface area contributed by atoms with E-state index in [-0.39, 0.29) is 16.7 Å². The number of nitro groups is 1. The Kier molecular flexibility index (Phi) is 4.92. The van der Waals surface area contributed by atoms with Crippen molar-refractivity contribution in [3.05, 3.63) is 33.9 Å². The fourth-order valence-corrected chi connectivity index (χ4v) is 2.49. The molecule has 1 aliphatic heterocycles. The lowest BCUT2D eigenvalue weighted by Gasteiger charge is -2.27. The summed E-state index contributed by atoms with van der Waals surface area (Å²) < 4.78 is 5.43. The van der Waals surface area contributed by atoms with Crippen LogP contribution in [-0.4, -0.2) is 36.8 Å². The first-order valence-corrected chi connectivity index (χ1v) is 6.89. The van der Waals surface area contributed by atoms with Crippen molar-refractivity contribution in [3.63, 3.8) is 0 Å². The molecule has 2 N–H and O–H groups in total. The molecule has 0 amide bonds. The molecule has 1 aromatic carbocycles. The Morgan fingerprint density at radius 3 is 3.00 bits per heavy atom. The van der Waals surface area contributed by atoms with Crippen LogP contribution in [0.15, 0.2) is 18.2 Å². The number of rotatable bonds is 5. The molecule has 2 rings (SSSR count). The minimum absolute atomic E-state index is 0.158. The quantitative estimate of drug-likeness (QED) is 0.637. The van der Waals surface area contributed by atoms with Crippen LogP contribution in [0.25, 0.3) is 0 Å². The molecule has 0 spiro atoms. The lowest BCUT2D eigenvalue weighted by molar-refractivity contribution is -0.385. The zero-order valence-corrected chi connectivity index (χ0v) is 11.9. The maximum Gasteiger partial charge on any atom is 0.272 e. The van der Waals surface area contributed by atoms with E-state index in [1.165, 1.54) is 0 Å². The highest BCUT2D eigenvalue weighted by atomic mass is 16.6. The SMILES string of the molecule is Cc1cc(NC(C)CC2COCCN2)ccc1[N+](=O)[O-]. The van der Waals surface area contributed by atoms with Gasteiger partial charge in [-0.25, -0.2) is 0 Å². The zero-order chi connectivity index (χ0) is 14.5. The van der Waals surface area contributed by atoms with E-state index in [4.69, 9.17) is 4.74 Å². The third-order valence-electron chi connectivity index (χ3n) is 3.44. The van der Waals surface area contributed by atoms with Gasteiger partial charge in [-0.2, -0.15) is 0 Å². The van der Waals surface area contributed by atoms with Crippen LogP contribution in [0.5, 0.6) is 0 Å². The second-order valence-electron chi connectivity index (χ2n) is 5.27. The molecule has 6 heteroatoms. The highest BCUT2D eigenvalue weighted by molar-refractivity contribution is 5.53. The van der Waals surface area contributed by atoms with Crippen LogP contribution in [0, 0.1) is 17.0 Å². The minimum atomic E-state index is -0.355. The predicted molar refractivity (Wildman–Crippen MR) is 78.1 cm³/mol. The average Bonchev–Trinajstić information content (AvgIpc) is 2.39. The fraction of sp³-hybridized carbons (Fsp3) is 0.571. The molecule has 1 heterocycles. The van der Waals surface area contributed by atoms with Crippen molar-refractivity contribution >= 4 is 11.4 Å². The van der Waals surface area contributed by atoms with E-state index in [1.807, 2.05) is 6.07 Å². The smallest absolute Gasteiger partial charge is 0.272 e. The second-order valence-corrected chi connectivity index (χ2v) is 5.27. The molecule has 0 radical (unpaired) electrons. The number of nitrogens with one attached hydrogen (secondary N) is 2. The van der Waals surface area contributed by atoms with Gasteiger partial charge in [0.15, 0.2) is 0 Å². The van der Waals surface area contributed by atoms with Gasteiger partial charge in [0, 0.05) is 35.9 Å². The summed E-state index contributed by atoms with van der Waals surface area (Å²) in [6, 6.07) is 5.76. The number of anilines is 1. The van der Waals surface area contributed by atoms with Crippen LogP contribution < -0.4 is 10.6 Å². The van der Waals surface area contributed by atoms with E-state index in [0.717, 1.165) is 31.9 Å². The summed E-state index contributed by atoms with van der Waals surface area (Å²) in [5, 5.41) is 17.6. The van der Waals surface area contributed by atoms with Gasteiger partial charge in [0.05, 0.1) is 18.1 Å². The Hall–Kier alpha value is -1.66. The van der Waals surface area contributed by atoms with Crippen molar-refractivity contribution in [2.24, 2.45) is 0 Å². The monoisotopic (exact) mass is 279 g/mol. The van der Waals surface area contributed by atoms with Crippen molar-refractivity contribution < 1.29 is 9.66 Å². The molecule has 0 aliphatic carbocycles. The highest BCUT2D eigenvalue weighted by Crippen LogP contribution is 2.22. The molecular formula is C14H21N3O3. The summed E-state index contributed by atoms with van der Waals surface area (Å²) in [6.45, 7) is 6.27. The van der Waals surface area contributed by atoms with Crippen LogP contribution in [0.1, 0.15) is 18.9 Å². The zero-order valence-electron chi connectivity index (χ0n) is 11.9. The van der Waals surface area contributed by atoms with Crippen molar-refractivity contribution in [1.82, 2.24) is 5.32 Å². The minimum Gasteiger partial charge on any atom is -0.383 e. The Morgan fingerprint density at radius 2 is 2.40 bits per heavy atom. The fourth-order valence-electron chi connectivity index (χ4n) is 2.49.